The summed E-state index contributed by atoms with van der Waals surface area (Å²) in [7, 11) is 0. The summed E-state index contributed by atoms with van der Waals surface area (Å²) in [6.07, 6.45) is 1.83. The Hall–Kier alpha value is -1.26. The maximum atomic E-state index is 5.80. The van der Waals surface area contributed by atoms with Crippen molar-refractivity contribution in [3.8, 4) is 5.75 Å². The normalized spacial score (nSPS) is 10.2. The van der Waals surface area contributed by atoms with Crippen molar-refractivity contribution in [2.45, 2.75) is 13.5 Å². The van der Waals surface area contributed by atoms with Crippen LogP contribution in [0.15, 0.2) is 30.5 Å². The van der Waals surface area contributed by atoms with Crippen LogP contribution >= 0.6 is 22.9 Å². The molecule has 0 radical (unpaired) electrons. The Labute approximate surface area is 109 Å². The molecule has 3 nitrogen and oxygen atoms in total. The van der Waals surface area contributed by atoms with Crippen molar-refractivity contribution in [1.29, 1.82) is 0 Å². The first-order valence-corrected chi connectivity index (χ1v) is 6.54. The highest BCUT2D eigenvalue weighted by molar-refractivity contribution is 7.15. The third kappa shape index (κ3) is 3.61. The Kier molecular flexibility index (Phi) is 4.23. The number of ether oxygens (including phenoxy) is 1. The molecule has 1 N–H and O–H groups in total. The van der Waals surface area contributed by atoms with Gasteiger partial charge in [-0.25, -0.2) is 4.98 Å². The molecule has 0 fully saturated rings. The molecule has 1 heterocycles. The van der Waals surface area contributed by atoms with E-state index in [0.717, 1.165) is 22.3 Å². The number of anilines is 1. The second-order valence-corrected chi connectivity index (χ2v) is 4.96. The Morgan fingerprint density at radius 3 is 2.82 bits per heavy atom. The van der Waals surface area contributed by atoms with Gasteiger partial charge in [-0.2, -0.15) is 0 Å². The van der Waals surface area contributed by atoms with Crippen LogP contribution in [0.3, 0.4) is 0 Å². The van der Waals surface area contributed by atoms with E-state index in [9.17, 15) is 0 Å². The fraction of sp³-hybridized carbons (Fsp3) is 0.250. The molecule has 1 aromatic heterocycles. The molecule has 0 atom stereocenters. The van der Waals surface area contributed by atoms with Crippen molar-refractivity contribution < 1.29 is 4.74 Å². The molecule has 0 amide bonds. The summed E-state index contributed by atoms with van der Waals surface area (Å²) in [6.45, 7) is 3.46. The number of nitrogens with zero attached hydrogens (tertiary/aromatic N) is 1. The van der Waals surface area contributed by atoms with E-state index in [-0.39, 0.29) is 0 Å². The van der Waals surface area contributed by atoms with Crippen LogP contribution in [0.5, 0.6) is 5.75 Å². The number of halogens is 1. The Morgan fingerprint density at radius 2 is 2.12 bits per heavy atom. The third-order valence-corrected chi connectivity index (χ3v) is 3.26. The minimum Gasteiger partial charge on any atom is -0.488 e. The van der Waals surface area contributed by atoms with Crippen molar-refractivity contribution in [3.05, 3.63) is 40.4 Å². The van der Waals surface area contributed by atoms with Gasteiger partial charge in [0.1, 0.15) is 12.4 Å². The van der Waals surface area contributed by atoms with Gasteiger partial charge in [0.2, 0.25) is 0 Å². The van der Waals surface area contributed by atoms with E-state index in [0.29, 0.717) is 11.6 Å². The monoisotopic (exact) mass is 268 g/mol. The summed E-state index contributed by atoms with van der Waals surface area (Å²) in [5.41, 5.74) is 0. The van der Waals surface area contributed by atoms with Gasteiger partial charge in [0, 0.05) is 17.8 Å². The van der Waals surface area contributed by atoms with Gasteiger partial charge in [0.15, 0.2) is 5.13 Å². The van der Waals surface area contributed by atoms with E-state index in [4.69, 9.17) is 16.3 Å². The van der Waals surface area contributed by atoms with Gasteiger partial charge in [-0.3, -0.25) is 0 Å². The maximum Gasteiger partial charge on any atom is 0.182 e. The highest BCUT2D eigenvalue weighted by Gasteiger charge is 2.01. The van der Waals surface area contributed by atoms with Crippen molar-refractivity contribution >= 4 is 28.1 Å². The molecule has 0 unspecified atom stereocenters. The SMILES string of the molecule is CCNc1ncc(COc2ccc(Cl)cc2)s1. The highest BCUT2D eigenvalue weighted by atomic mass is 35.5. The fourth-order valence-electron chi connectivity index (χ4n) is 1.29. The number of hydrogen-bond acceptors (Lipinski definition) is 4. The zero-order valence-corrected chi connectivity index (χ0v) is 11.0. The van der Waals surface area contributed by atoms with Crippen molar-refractivity contribution in [2.24, 2.45) is 0 Å². The molecule has 0 saturated carbocycles. The Bertz CT molecular complexity index is 470. The lowest BCUT2D eigenvalue weighted by atomic mass is 10.3. The molecule has 90 valence electrons. The molecular formula is C12H13ClN2OS. The molecule has 2 aromatic rings. The van der Waals surface area contributed by atoms with Crippen LogP contribution in [0.1, 0.15) is 11.8 Å². The van der Waals surface area contributed by atoms with E-state index in [1.807, 2.05) is 37.4 Å². The molecule has 5 heteroatoms. The average molecular weight is 269 g/mol. The molecule has 2 rings (SSSR count). The minimum atomic E-state index is 0.532. The lowest BCUT2D eigenvalue weighted by molar-refractivity contribution is 0.309. The minimum absolute atomic E-state index is 0.532. The van der Waals surface area contributed by atoms with E-state index in [1.54, 1.807) is 11.3 Å². The van der Waals surface area contributed by atoms with Gasteiger partial charge in [-0.05, 0) is 31.2 Å². The van der Waals surface area contributed by atoms with E-state index >= 15 is 0 Å². The van der Waals surface area contributed by atoms with Gasteiger partial charge >= 0.3 is 0 Å². The number of rotatable bonds is 5. The topological polar surface area (TPSA) is 34.2 Å². The van der Waals surface area contributed by atoms with Gasteiger partial charge < -0.3 is 10.1 Å². The average Bonchev–Trinajstić information content (AvgIpc) is 2.77. The highest BCUT2D eigenvalue weighted by Crippen LogP contribution is 2.21. The lowest BCUT2D eigenvalue weighted by Crippen LogP contribution is -1.94. The van der Waals surface area contributed by atoms with Crippen LogP contribution < -0.4 is 10.1 Å². The molecular weight excluding hydrogens is 256 g/mol. The van der Waals surface area contributed by atoms with Crippen molar-refractivity contribution in [2.75, 3.05) is 11.9 Å². The first-order chi connectivity index (χ1) is 8.28. The molecule has 0 bridgehead atoms. The molecule has 1 aromatic carbocycles. The van der Waals surface area contributed by atoms with E-state index in [2.05, 4.69) is 10.3 Å². The van der Waals surface area contributed by atoms with Crippen LogP contribution in [0, 0.1) is 0 Å². The zero-order valence-electron chi connectivity index (χ0n) is 9.44. The number of thiazole rings is 1. The van der Waals surface area contributed by atoms with Crippen LogP contribution in [-0.4, -0.2) is 11.5 Å². The van der Waals surface area contributed by atoms with Crippen LogP contribution in [-0.2, 0) is 6.61 Å². The first-order valence-electron chi connectivity index (χ1n) is 5.35. The summed E-state index contributed by atoms with van der Waals surface area (Å²) in [5.74, 6) is 0.813. The number of benzene rings is 1. The fourth-order valence-corrected chi connectivity index (χ4v) is 2.21. The molecule has 0 aliphatic carbocycles. The summed E-state index contributed by atoms with van der Waals surface area (Å²) in [5, 5.41) is 4.81. The second kappa shape index (κ2) is 5.89. The van der Waals surface area contributed by atoms with Crippen molar-refractivity contribution in [1.82, 2.24) is 4.98 Å². The zero-order chi connectivity index (χ0) is 12.1. The van der Waals surface area contributed by atoms with Crippen LogP contribution in [0.25, 0.3) is 0 Å². The first kappa shape index (κ1) is 12.2. The molecule has 0 aliphatic rings. The number of aromatic nitrogens is 1. The summed E-state index contributed by atoms with van der Waals surface area (Å²) < 4.78 is 5.62. The molecule has 17 heavy (non-hydrogen) atoms. The lowest BCUT2D eigenvalue weighted by Gasteiger charge is -2.03. The number of nitrogens with one attached hydrogen (secondary N) is 1. The summed E-state index contributed by atoms with van der Waals surface area (Å²) in [6, 6.07) is 7.34. The smallest absolute Gasteiger partial charge is 0.182 e. The summed E-state index contributed by atoms with van der Waals surface area (Å²) >= 11 is 7.40. The van der Waals surface area contributed by atoms with Crippen LogP contribution in [0.4, 0.5) is 5.13 Å². The predicted octanol–water partition coefficient (Wildman–Crippen LogP) is 3.81. The quantitative estimate of drug-likeness (QED) is 0.895. The second-order valence-electron chi connectivity index (χ2n) is 3.40. The van der Waals surface area contributed by atoms with Gasteiger partial charge in [-0.1, -0.05) is 22.9 Å². The van der Waals surface area contributed by atoms with E-state index in [1.165, 1.54) is 0 Å². The Morgan fingerprint density at radius 1 is 1.35 bits per heavy atom. The van der Waals surface area contributed by atoms with Crippen molar-refractivity contribution in [3.63, 3.8) is 0 Å². The standard InChI is InChI=1S/C12H13ClN2OS/c1-2-14-12-15-7-11(17-12)8-16-10-5-3-9(13)4-6-10/h3-7H,2,8H2,1H3,(H,14,15). The third-order valence-electron chi connectivity index (χ3n) is 2.08. The van der Waals surface area contributed by atoms with Gasteiger partial charge in [0.25, 0.3) is 0 Å². The van der Waals surface area contributed by atoms with Crippen LogP contribution in [0.2, 0.25) is 5.02 Å². The van der Waals surface area contributed by atoms with E-state index < -0.39 is 0 Å². The number of hydrogen-bond donors (Lipinski definition) is 1. The maximum absolute atomic E-state index is 5.80. The molecule has 0 spiro atoms. The summed E-state index contributed by atoms with van der Waals surface area (Å²) in [4.78, 5) is 5.33. The molecule has 0 saturated heterocycles. The largest absolute Gasteiger partial charge is 0.488 e. The predicted molar refractivity (Wildman–Crippen MR) is 72.1 cm³/mol. The Balaban J connectivity index is 1.90. The van der Waals surface area contributed by atoms with Gasteiger partial charge in [0.05, 0.1) is 4.88 Å². The van der Waals surface area contributed by atoms with Gasteiger partial charge in [-0.15, -0.1) is 0 Å². The molecule has 0 aliphatic heterocycles.